The quantitative estimate of drug-likeness (QED) is 0.807. The van der Waals surface area contributed by atoms with Gasteiger partial charge in [0.1, 0.15) is 5.82 Å². The van der Waals surface area contributed by atoms with E-state index in [0.717, 1.165) is 38.9 Å². The van der Waals surface area contributed by atoms with Crippen LogP contribution in [-0.2, 0) is 17.5 Å². The fourth-order valence-electron chi connectivity index (χ4n) is 5.10. The lowest BCUT2D eigenvalue weighted by molar-refractivity contribution is -0.137. The number of ether oxygens (including phenoxy) is 1. The van der Waals surface area contributed by atoms with Crippen LogP contribution in [0.25, 0.3) is 11.3 Å². The molecule has 0 aromatic carbocycles. The van der Waals surface area contributed by atoms with E-state index >= 15 is 0 Å². The van der Waals surface area contributed by atoms with Crippen molar-refractivity contribution >= 4 is 5.82 Å². The number of nitrogen functional groups attached to an aromatic ring is 1. The molecule has 2 aromatic rings. The number of aromatic nitrogens is 3. The van der Waals surface area contributed by atoms with Gasteiger partial charge in [-0.3, -0.25) is 9.58 Å². The topological polar surface area (TPSA) is 69.2 Å². The molecule has 6 rings (SSSR count). The Balaban J connectivity index is 1.29. The van der Waals surface area contributed by atoms with Crippen molar-refractivity contribution in [1.29, 1.82) is 0 Å². The Kier molecular flexibility index (Phi) is 3.99. The van der Waals surface area contributed by atoms with Crippen LogP contribution in [0.4, 0.5) is 19.0 Å². The third-order valence-corrected chi connectivity index (χ3v) is 7.16. The van der Waals surface area contributed by atoms with Gasteiger partial charge in [0.25, 0.3) is 0 Å². The monoisotopic (exact) mass is 419 g/mol. The van der Waals surface area contributed by atoms with Gasteiger partial charge in [-0.05, 0) is 42.7 Å². The molecule has 2 aromatic heterocycles. The van der Waals surface area contributed by atoms with Crippen molar-refractivity contribution in [2.75, 3.05) is 32.0 Å². The first-order valence-electron chi connectivity index (χ1n) is 10.6. The van der Waals surface area contributed by atoms with Gasteiger partial charge in [0.2, 0.25) is 0 Å². The molecule has 4 heterocycles. The van der Waals surface area contributed by atoms with Gasteiger partial charge in [0.05, 0.1) is 30.5 Å². The lowest BCUT2D eigenvalue weighted by atomic mass is 10.1. The molecule has 6 nitrogen and oxygen atoms in total. The molecule has 4 fully saturated rings. The maximum atomic E-state index is 13.3. The fourth-order valence-corrected chi connectivity index (χ4v) is 5.10. The van der Waals surface area contributed by atoms with Crippen molar-refractivity contribution in [2.24, 2.45) is 17.8 Å². The van der Waals surface area contributed by atoms with Gasteiger partial charge < -0.3 is 10.5 Å². The van der Waals surface area contributed by atoms with Crippen molar-refractivity contribution in [3.63, 3.8) is 0 Å². The van der Waals surface area contributed by atoms with Crippen LogP contribution in [0, 0.1) is 17.8 Å². The number of hydrogen-bond acceptors (Lipinski definition) is 5. The summed E-state index contributed by atoms with van der Waals surface area (Å²) in [6, 6.07) is 3.62. The van der Waals surface area contributed by atoms with Crippen molar-refractivity contribution in [3.8, 4) is 11.3 Å². The Morgan fingerprint density at radius 2 is 1.87 bits per heavy atom. The molecular formula is C21H24F3N5O. The average Bonchev–Trinajstić information content (AvgIpc) is 3.48. The molecule has 0 radical (unpaired) electrons. The summed E-state index contributed by atoms with van der Waals surface area (Å²) in [6.45, 7) is 4.67. The summed E-state index contributed by atoms with van der Waals surface area (Å²) in [4.78, 5) is 6.31. The van der Waals surface area contributed by atoms with Crippen LogP contribution in [0.1, 0.15) is 30.0 Å². The van der Waals surface area contributed by atoms with Crippen molar-refractivity contribution in [3.05, 3.63) is 29.6 Å². The Morgan fingerprint density at radius 1 is 1.13 bits per heavy atom. The number of pyridine rings is 1. The summed E-state index contributed by atoms with van der Waals surface area (Å²) in [5.41, 5.74) is 6.65. The first kappa shape index (κ1) is 18.6. The molecule has 160 valence electrons. The Morgan fingerprint density at radius 3 is 2.47 bits per heavy atom. The molecular weight excluding hydrogens is 395 g/mol. The predicted octanol–water partition coefficient (Wildman–Crippen LogP) is 3.00. The lowest BCUT2D eigenvalue weighted by Crippen LogP contribution is -2.48. The van der Waals surface area contributed by atoms with Gasteiger partial charge >= 0.3 is 6.18 Å². The highest BCUT2D eigenvalue weighted by Gasteiger charge is 2.58. The molecule has 2 saturated heterocycles. The van der Waals surface area contributed by atoms with Gasteiger partial charge in [-0.2, -0.15) is 18.3 Å². The molecule has 9 heteroatoms. The molecule has 0 amide bonds. The SMILES string of the molecule is Nc1ncc(-c2cc(C3[C@H]4CN(C5COC5)C[C@@H]34)n(CC3CC3)n2)cc1C(F)(F)F. The van der Waals surface area contributed by atoms with Crippen molar-refractivity contribution < 1.29 is 17.9 Å². The minimum Gasteiger partial charge on any atom is -0.383 e. The zero-order valence-electron chi connectivity index (χ0n) is 16.5. The maximum absolute atomic E-state index is 13.3. The number of likely N-dealkylation sites (tertiary alicyclic amines) is 1. The van der Waals surface area contributed by atoms with Gasteiger partial charge in [-0.15, -0.1) is 0 Å². The highest BCUT2D eigenvalue weighted by atomic mass is 19.4. The molecule has 2 saturated carbocycles. The normalized spacial score (nSPS) is 29.1. The standard InChI is InChI=1S/C21H24F3N5O/c22-21(23,24)16-3-12(5-26-20(16)25)17-4-18(29(27-17)6-11-1-2-11)19-14-7-28(8-15(14)19)13-9-30-10-13/h3-5,11,13-15,19H,1-2,6-10H2,(H2,25,26)/t14-,15+,19?. The number of fused-ring (bicyclic) bond motifs is 1. The fraction of sp³-hybridized carbons (Fsp3) is 0.619. The summed E-state index contributed by atoms with van der Waals surface area (Å²) >= 11 is 0. The summed E-state index contributed by atoms with van der Waals surface area (Å²) in [6.07, 6.45) is -0.745. The molecule has 0 bridgehead atoms. The van der Waals surface area contributed by atoms with E-state index in [9.17, 15) is 13.2 Å². The maximum Gasteiger partial charge on any atom is 0.419 e. The molecule has 2 N–H and O–H groups in total. The second-order valence-electron chi connectivity index (χ2n) is 9.23. The van der Waals surface area contributed by atoms with Gasteiger partial charge in [-0.1, -0.05) is 0 Å². The smallest absolute Gasteiger partial charge is 0.383 e. The van der Waals surface area contributed by atoms with E-state index < -0.39 is 17.6 Å². The zero-order valence-corrected chi connectivity index (χ0v) is 16.5. The van der Waals surface area contributed by atoms with Gasteiger partial charge in [-0.25, -0.2) is 4.98 Å². The first-order chi connectivity index (χ1) is 14.4. The molecule has 2 aliphatic heterocycles. The number of rotatable bonds is 5. The summed E-state index contributed by atoms with van der Waals surface area (Å²) in [5.74, 6) is 1.81. The summed E-state index contributed by atoms with van der Waals surface area (Å²) in [7, 11) is 0. The second kappa shape index (κ2) is 6.43. The highest BCUT2D eigenvalue weighted by molar-refractivity contribution is 5.63. The first-order valence-corrected chi connectivity index (χ1v) is 10.6. The van der Waals surface area contributed by atoms with Crippen molar-refractivity contribution in [1.82, 2.24) is 19.7 Å². The van der Waals surface area contributed by atoms with Crippen LogP contribution in [0.2, 0.25) is 0 Å². The van der Waals surface area contributed by atoms with Gasteiger partial charge in [0.15, 0.2) is 0 Å². The number of piperidine rings is 1. The Hall–Kier alpha value is -2.13. The highest BCUT2D eigenvalue weighted by Crippen LogP contribution is 2.59. The van der Waals surface area contributed by atoms with Gasteiger partial charge in [0, 0.05) is 43.0 Å². The minimum absolute atomic E-state index is 0.367. The van der Waals surface area contributed by atoms with Crippen LogP contribution in [0.5, 0.6) is 0 Å². The minimum atomic E-state index is -4.53. The number of anilines is 1. The largest absolute Gasteiger partial charge is 0.419 e. The van der Waals surface area contributed by atoms with Crippen LogP contribution in [0.3, 0.4) is 0 Å². The molecule has 2 aliphatic carbocycles. The van der Waals surface area contributed by atoms with Crippen molar-refractivity contribution in [2.45, 2.75) is 37.5 Å². The number of hydrogen-bond donors (Lipinski definition) is 1. The van der Waals surface area contributed by atoms with Crippen LogP contribution in [0.15, 0.2) is 18.3 Å². The number of nitrogens with two attached hydrogens (primary N) is 1. The van der Waals surface area contributed by atoms with E-state index in [1.807, 2.05) is 6.07 Å². The third-order valence-electron chi connectivity index (χ3n) is 7.16. The second-order valence-corrected chi connectivity index (χ2v) is 9.23. The molecule has 0 spiro atoms. The molecule has 1 unspecified atom stereocenters. The van der Waals surface area contributed by atoms with E-state index in [2.05, 4.69) is 14.6 Å². The van der Waals surface area contributed by atoms with E-state index in [1.165, 1.54) is 24.7 Å². The number of alkyl halides is 3. The van der Waals surface area contributed by atoms with Crippen LogP contribution < -0.4 is 5.73 Å². The Bertz CT molecular complexity index is 970. The predicted molar refractivity (Wildman–Crippen MR) is 103 cm³/mol. The lowest BCUT2D eigenvalue weighted by Gasteiger charge is -2.35. The Labute approximate surface area is 172 Å². The van der Waals surface area contributed by atoms with E-state index in [1.54, 1.807) is 0 Å². The average molecular weight is 419 g/mol. The summed E-state index contributed by atoms with van der Waals surface area (Å²) in [5, 5.41) is 4.72. The summed E-state index contributed by atoms with van der Waals surface area (Å²) < 4.78 is 47.2. The molecule has 3 atom stereocenters. The molecule has 4 aliphatic rings. The van der Waals surface area contributed by atoms with E-state index in [-0.39, 0.29) is 0 Å². The van der Waals surface area contributed by atoms with Crippen LogP contribution >= 0.6 is 0 Å². The molecule has 30 heavy (non-hydrogen) atoms. The van der Waals surface area contributed by atoms with E-state index in [4.69, 9.17) is 15.6 Å². The zero-order chi connectivity index (χ0) is 20.6. The number of nitrogens with zero attached hydrogens (tertiary/aromatic N) is 4. The van der Waals surface area contributed by atoms with Crippen LogP contribution in [-0.4, -0.2) is 52.0 Å². The third kappa shape index (κ3) is 3.10. The van der Waals surface area contributed by atoms with E-state index in [0.29, 0.717) is 41.0 Å². The number of halogens is 3.